The lowest BCUT2D eigenvalue weighted by atomic mass is 9.96. The molecule has 0 aliphatic carbocycles. The van der Waals surface area contributed by atoms with Gasteiger partial charge in [0.1, 0.15) is 5.60 Å². The van der Waals surface area contributed by atoms with Crippen LogP contribution in [0, 0.1) is 0 Å². The standard InChI is InChI=1S/C17H21N3O2S/c21-16(17(22)7-10-23-11-8-17)18-9-6-14-12-19-20(13-14)15-4-2-1-3-5-15/h1-5,12-13,22H,6-11H2,(H,18,21). The lowest BCUT2D eigenvalue weighted by Crippen LogP contribution is -2.49. The molecule has 6 heteroatoms. The zero-order valence-corrected chi connectivity index (χ0v) is 13.8. The highest BCUT2D eigenvalue weighted by Crippen LogP contribution is 2.26. The van der Waals surface area contributed by atoms with Gasteiger partial charge in [0, 0.05) is 12.7 Å². The molecular formula is C17H21N3O2S. The van der Waals surface area contributed by atoms with Gasteiger partial charge < -0.3 is 10.4 Å². The largest absolute Gasteiger partial charge is 0.380 e. The summed E-state index contributed by atoms with van der Waals surface area (Å²) in [7, 11) is 0. The minimum atomic E-state index is -1.18. The third kappa shape index (κ3) is 3.95. The Morgan fingerprint density at radius 1 is 1.30 bits per heavy atom. The molecule has 2 aromatic rings. The maximum Gasteiger partial charge on any atom is 0.252 e. The van der Waals surface area contributed by atoms with E-state index in [0.29, 0.717) is 25.8 Å². The molecule has 0 bridgehead atoms. The van der Waals surface area contributed by atoms with Crippen molar-refractivity contribution in [2.45, 2.75) is 24.9 Å². The summed E-state index contributed by atoms with van der Waals surface area (Å²) in [5.41, 5.74) is 0.886. The lowest BCUT2D eigenvalue weighted by Gasteiger charge is -2.30. The zero-order chi connectivity index (χ0) is 16.1. The van der Waals surface area contributed by atoms with Gasteiger partial charge in [0.25, 0.3) is 5.91 Å². The Balaban J connectivity index is 1.51. The molecule has 1 aromatic carbocycles. The molecule has 1 saturated heterocycles. The summed E-state index contributed by atoms with van der Waals surface area (Å²) in [6.07, 6.45) is 5.55. The van der Waals surface area contributed by atoms with E-state index in [1.165, 1.54) is 0 Å². The number of aliphatic hydroxyl groups is 1. The molecule has 1 aliphatic rings. The Morgan fingerprint density at radius 3 is 2.78 bits per heavy atom. The van der Waals surface area contributed by atoms with E-state index in [1.54, 1.807) is 11.8 Å². The van der Waals surface area contributed by atoms with Crippen LogP contribution in [0.3, 0.4) is 0 Å². The van der Waals surface area contributed by atoms with Crippen LogP contribution in [-0.2, 0) is 11.2 Å². The van der Waals surface area contributed by atoms with Crippen LogP contribution in [0.2, 0.25) is 0 Å². The first-order valence-corrected chi connectivity index (χ1v) is 9.00. The van der Waals surface area contributed by atoms with Crippen LogP contribution in [0.15, 0.2) is 42.7 Å². The predicted octanol–water partition coefficient (Wildman–Crippen LogP) is 1.79. The number of nitrogens with one attached hydrogen (secondary N) is 1. The highest BCUT2D eigenvalue weighted by atomic mass is 32.2. The van der Waals surface area contributed by atoms with Gasteiger partial charge in [0.05, 0.1) is 11.9 Å². The molecule has 23 heavy (non-hydrogen) atoms. The van der Waals surface area contributed by atoms with Crippen LogP contribution in [0.5, 0.6) is 0 Å². The molecule has 1 fully saturated rings. The predicted molar refractivity (Wildman–Crippen MR) is 91.8 cm³/mol. The second kappa shape index (κ2) is 7.19. The van der Waals surface area contributed by atoms with Crippen molar-refractivity contribution in [1.82, 2.24) is 15.1 Å². The van der Waals surface area contributed by atoms with E-state index >= 15 is 0 Å². The molecule has 122 valence electrons. The van der Waals surface area contributed by atoms with Gasteiger partial charge in [-0.05, 0) is 48.5 Å². The van der Waals surface area contributed by atoms with Crippen LogP contribution in [0.25, 0.3) is 5.69 Å². The van der Waals surface area contributed by atoms with E-state index in [-0.39, 0.29) is 5.91 Å². The topological polar surface area (TPSA) is 67.2 Å². The number of nitrogens with zero attached hydrogens (tertiary/aromatic N) is 2. The first-order chi connectivity index (χ1) is 11.2. The molecular weight excluding hydrogens is 310 g/mol. The molecule has 0 spiro atoms. The summed E-state index contributed by atoms with van der Waals surface area (Å²) < 4.78 is 1.82. The van der Waals surface area contributed by atoms with Crippen molar-refractivity contribution in [2.75, 3.05) is 18.1 Å². The van der Waals surface area contributed by atoms with E-state index in [1.807, 2.05) is 47.4 Å². The van der Waals surface area contributed by atoms with Crippen molar-refractivity contribution >= 4 is 17.7 Å². The fraction of sp³-hybridized carbons (Fsp3) is 0.412. The van der Waals surface area contributed by atoms with Gasteiger partial charge in [0.2, 0.25) is 0 Å². The van der Waals surface area contributed by atoms with Gasteiger partial charge in [0.15, 0.2) is 0 Å². The number of carbonyl (C=O) groups excluding carboxylic acids is 1. The molecule has 0 atom stereocenters. The van der Waals surface area contributed by atoms with E-state index in [2.05, 4.69) is 10.4 Å². The third-order valence-corrected chi connectivity index (χ3v) is 5.08. The number of hydrogen-bond donors (Lipinski definition) is 2. The summed E-state index contributed by atoms with van der Waals surface area (Å²) in [5, 5.41) is 17.5. The molecule has 5 nitrogen and oxygen atoms in total. The van der Waals surface area contributed by atoms with Crippen molar-refractivity contribution in [1.29, 1.82) is 0 Å². The number of rotatable bonds is 5. The number of benzene rings is 1. The smallest absolute Gasteiger partial charge is 0.252 e. The first-order valence-electron chi connectivity index (χ1n) is 7.85. The lowest BCUT2D eigenvalue weighted by molar-refractivity contribution is -0.140. The van der Waals surface area contributed by atoms with Gasteiger partial charge in [-0.1, -0.05) is 18.2 Å². The molecule has 1 aromatic heterocycles. The fourth-order valence-electron chi connectivity index (χ4n) is 2.63. The summed E-state index contributed by atoms with van der Waals surface area (Å²) in [5.74, 6) is 1.44. The molecule has 2 N–H and O–H groups in total. The van der Waals surface area contributed by atoms with Gasteiger partial charge in [-0.15, -0.1) is 0 Å². The Hall–Kier alpha value is -1.79. The minimum absolute atomic E-state index is 0.242. The number of amides is 1. The van der Waals surface area contributed by atoms with Gasteiger partial charge in [-0.25, -0.2) is 4.68 Å². The molecule has 3 rings (SSSR count). The van der Waals surface area contributed by atoms with Gasteiger partial charge in [-0.2, -0.15) is 16.9 Å². The van der Waals surface area contributed by atoms with Crippen molar-refractivity contribution in [2.24, 2.45) is 0 Å². The highest BCUT2D eigenvalue weighted by molar-refractivity contribution is 7.99. The molecule has 1 amide bonds. The zero-order valence-electron chi connectivity index (χ0n) is 12.9. The quantitative estimate of drug-likeness (QED) is 0.876. The molecule has 0 unspecified atom stereocenters. The highest BCUT2D eigenvalue weighted by Gasteiger charge is 2.36. The number of para-hydroxylation sites is 1. The van der Waals surface area contributed by atoms with Crippen LogP contribution in [0.1, 0.15) is 18.4 Å². The minimum Gasteiger partial charge on any atom is -0.380 e. The summed E-state index contributed by atoms with van der Waals surface area (Å²) in [4.78, 5) is 12.1. The number of hydrogen-bond acceptors (Lipinski definition) is 4. The SMILES string of the molecule is O=C(NCCc1cnn(-c2ccccc2)c1)C1(O)CCSCC1. The summed E-state index contributed by atoms with van der Waals surface area (Å²) in [6.45, 7) is 0.509. The Bertz CT molecular complexity index is 651. The van der Waals surface area contributed by atoms with Crippen molar-refractivity contribution in [3.63, 3.8) is 0 Å². The second-order valence-electron chi connectivity index (χ2n) is 5.78. The Labute approximate surface area is 140 Å². The van der Waals surface area contributed by atoms with Crippen molar-refractivity contribution in [3.05, 3.63) is 48.3 Å². The summed E-state index contributed by atoms with van der Waals surface area (Å²) in [6, 6.07) is 9.91. The number of aromatic nitrogens is 2. The van der Waals surface area contributed by atoms with Crippen LogP contribution < -0.4 is 5.32 Å². The van der Waals surface area contributed by atoms with Crippen LogP contribution in [-0.4, -0.2) is 44.4 Å². The van der Waals surface area contributed by atoms with Crippen LogP contribution in [0.4, 0.5) is 0 Å². The van der Waals surface area contributed by atoms with E-state index < -0.39 is 5.60 Å². The molecule has 2 heterocycles. The van der Waals surface area contributed by atoms with E-state index in [4.69, 9.17) is 0 Å². The van der Waals surface area contributed by atoms with Crippen molar-refractivity contribution in [3.8, 4) is 5.69 Å². The third-order valence-electron chi connectivity index (χ3n) is 4.10. The monoisotopic (exact) mass is 331 g/mol. The van der Waals surface area contributed by atoms with Crippen LogP contribution >= 0.6 is 11.8 Å². The average molecular weight is 331 g/mol. The van der Waals surface area contributed by atoms with Gasteiger partial charge >= 0.3 is 0 Å². The summed E-state index contributed by atoms with van der Waals surface area (Å²) >= 11 is 1.78. The fourth-order valence-corrected chi connectivity index (χ4v) is 3.80. The maximum absolute atomic E-state index is 12.1. The first kappa shape index (κ1) is 16.1. The Morgan fingerprint density at radius 2 is 2.04 bits per heavy atom. The molecule has 0 saturated carbocycles. The maximum atomic E-state index is 12.1. The van der Waals surface area contributed by atoms with E-state index in [9.17, 15) is 9.90 Å². The van der Waals surface area contributed by atoms with E-state index in [0.717, 1.165) is 22.8 Å². The Kier molecular flexibility index (Phi) is 5.03. The second-order valence-corrected chi connectivity index (χ2v) is 7.00. The molecule has 0 radical (unpaired) electrons. The number of carbonyl (C=O) groups is 1. The van der Waals surface area contributed by atoms with Gasteiger partial charge in [-0.3, -0.25) is 4.79 Å². The normalized spacial score (nSPS) is 16.9. The number of thioether (sulfide) groups is 1. The van der Waals surface area contributed by atoms with Crippen molar-refractivity contribution < 1.29 is 9.90 Å². The molecule has 1 aliphatic heterocycles. The average Bonchev–Trinajstić information content (AvgIpc) is 3.05.